The zero-order valence-electron chi connectivity index (χ0n) is 13.5. The van der Waals surface area contributed by atoms with Gasteiger partial charge in [-0.1, -0.05) is 12.1 Å². The van der Waals surface area contributed by atoms with E-state index in [-0.39, 0.29) is 0 Å². The molecule has 22 heavy (non-hydrogen) atoms. The van der Waals surface area contributed by atoms with E-state index in [1.165, 1.54) is 11.3 Å². The van der Waals surface area contributed by atoms with Gasteiger partial charge in [-0.2, -0.15) is 0 Å². The number of nitrogens with zero attached hydrogens (tertiary/aromatic N) is 1. The molecular formula is C18H28N2O2. The second kappa shape index (κ2) is 7.44. The molecule has 0 aromatic heterocycles. The van der Waals surface area contributed by atoms with Crippen LogP contribution in [0.5, 0.6) is 0 Å². The number of ether oxygens (including phenoxy) is 1. The summed E-state index contributed by atoms with van der Waals surface area (Å²) in [6.07, 6.45) is 3.61. The van der Waals surface area contributed by atoms with Crippen LogP contribution in [-0.4, -0.2) is 48.5 Å². The number of nitrogens with one attached hydrogen (secondary N) is 1. The minimum Gasteiger partial charge on any atom is -0.396 e. The maximum atomic E-state index is 9.22. The number of benzene rings is 1. The fourth-order valence-electron chi connectivity index (χ4n) is 3.48. The highest BCUT2D eigenvalue weighted by Crippen LogP contribution is 2.22. The third-order valence-corrected chi connectivity index (χ3v) is 5.03. The van der Waals surface area contributed by atoms with E-state index in [0.717, 1.165) is 45.5 Å². The summed E-state index contributed by atoms with van der Waals surface area (Å²) >= 11 is 0. The number of aliphatic hydroxyl groups excluding tert-OH is 1. The van der Waals surface area contributed by atoms with Crippen molar-refractivity contribution >= 4 is 5.69 Å². The molecule has 2 atom stereocenters. The SMILES string of the molecule is CC1OCCC1Nc1cccc(CN2CCC(CO)CC2)c1. The molecule has 4 nitrogen and oxygen atoms in total. The molecule has 0 bridgehead atoms. The lowest BCUT2D eigenvalue weighted by atomic mass is 9.97. The Labute approximate surface area is 133 Å². The van der Waals surface area contributed by atoms with Crippen LogP contribution in [0.4, 0.5) is 5.69 Å². The van der Waals surface area contributed by atoms with Gasteiger partial charge < -0.3 is 15.2 Å². The van der Waals surface area contributed by atoms with E-state index in [1.807, 2.05) is 0 Å². The zero-order valence-corrected chi connectivity index (χ0v) is 13.5. The maximum absolute atomic E-state index is 9.22. The highest BCUT2D eigenvalue weighted by atomic mass is 16.5. The molecule has 0 spiro atoms. The molecule has 2 N–H and O–H groups in total. The van der Waals surface area contributed by atoms with Gasteiger partial charge in [-0.25, -0.2) is 0 Å². The third-order valence-electron chi connectivity index (χ3n) is 5.03. The van der Waals surface area contributed by atoms with Crippen molar-refractivity contribution < 1.29 is 9.84 Å². The Hall–Kier alpha value is -1.10. The first-order chi connectivity index (χ1) is 10.7. The highest BCUT2D eigenvalue weighted by molar-refractivity contribution is 5.47. The molecule has 2 fully saturated rings. The molecule has 0 radical (unpaired) electrons. The van der Waals surface area contributed by atoms with Crippen molar-refractivity contribution in [2.24, 2.45) is 5.92 Å². The minimum atomic E-state index is 0.293. The van der Waals surface area contributed by atoms with Crippen LogP contribution in [0.1, 0.15) is 31.7 Å². The lowest BCUT2D eigenvalue weighted by Gasteiger charge is -2.31. The number of anilines is 1. The van der Waals surface area contributed by atoms with Crippen LogP contribution in [0.2, 0.25) is 0 Å². The number of piperidine rings is 1. The van der Waals surface area contributed by atoms with Gasteiger partial charge in [0, 0.05) is 25.4 Å². The number of rotatable bonds is 5. The molecule has 2 aliphatic heterocycles. The maximum Gasteiger partial charge on any atom is 0.0748 e. The smallest absolute Gasteiger partial charge is 0.0748 e. The zero-order chi connectivity index (χ0) is 15.4. The summed E-state index contributed by atoms with van der Waals surface area (Å²) in [5.41, 5.74) is 2.56. The van der Waals surface area contributed by atoms with Crippen LogP contribution < -0.4 is 5.32 Å². The molecule has 2 aliphatic rings. The molecular weight excluding hydrogens is 276 g/mol. The summed E-state index contributed by atoms with van der Waals surface area (Å²) in [5, 5.41) is 12.8. The minimum absolute atomic E-state index is 0.293. The second-order valence-electron chi connectivity index (χ2n) is 6.72. The first-order valence-corrected chi connectivity index (χ1v) is 8.55. The quantitative estimate of drug-likeness (QED) is 0.877. The van der Waals surface area contributed by atoms with Gasteiger partial charge in [-0.3, -0.25) is 4.90 Å². The summed E-state index contributed by atoms with van der Waals surface area (Å²) in [4.78, 5) is 2.49. The van der Waals surface area contributed by atoms with E-state index in [4.69, 9.17) is 4.74 Å². The van der Waals surface area contributed by atoms with E-state index in [0.29, 0.717) is 24.7 Å². The predicted octanol–water partition coefficient (Wildman–Crippen LogP) is 2.48. The van der Waals surface area contributed by atoms with Gasteiger partial charge in [-0.15, -0.1) is 0 Å². The summed E-state index contributed by atoms with van der Waals surface area (Å²) in [7, 11) is 0. The normalized spacial score (nSPS) is 27.2. The average Bonchev–Trinajstić information content (AvgIpc) is 2.94. The number of hydrogen-bond acceptors (Lipinski definition) is 4. The van der Waals surface area contributed by atoms with Gasteiger partial charge in [0.1, 0.15) is 0 Å². The lowest BCUT2D eigenvalue weighted by molar-refractivity contribution is 0.121. The van der Waals surface area contributed by atoms with Gasteiger partial charge >= 0.3 is 0 Å². The molecule has 0 amide bonds. The van der Waals surface area contributed by atoms with Gasteiger partial charge in [0.05, 0.1) is 12.1 Å². The van der Waals surface area contributed by atoms with Crippen molar-refractivity contribution in [2.45, 2.75) is 44.9 Å². The Bertz CT molecular complexity index is 472. The molecule has 3 rings (SSSR count). The second-order valence-corrected chi connectivity index (χ2v) is 6.72. The fourth-order valence-corrected chi connectivity index (χ4v) is 3.48. The van der Waals surface area contributed by atoms with Crippen molar-refractivity contribution in [3.8, 4) is 0 Å². The summed E-state index contributed by atoms with van der Waals surface area (Å²) in [5.74, 6) is 0.508. The molecule has 4 heteroatoms. The van der Waals surface area contributed by atoms with Crippen LogP contribution in [0.15, 0.2) is 24.3 Å². The van der Waals surface area contributed by atoms with Crippen molar-refractivity contribution in [3.63, 3.8) is 0 Å². The molecule has 2 unspecified atom stereocenters. The van der Waals surface area contributed by atoms with E-state index in [1.54, 1.807) is 0 Å². The van der Waals surface area contributed by atoms with Gasteiger partial charge in [0.15, 0.2) is 0 Å². The Morgan fingerprint density at radius 3 is 2.77 bits per heavy atom. The lowest BCUT2D eigenvalue weighted by Crippen LogP contribution is -2.34. The monoisotopic (exact) mass is 304 g/mol. The molecule has 2 heterocycles. The van der Waals surface area contributed by atoms with Crippen LogP contribution in [0, 0.1) is 5.92 Å². The van der Waals surface area contributed by atoms with E-state index >= 15 is 0 Å². The van der Waals surface area contributed by atoms with Crippen molar-refractivity contribution in [1.82, 2.24) is 4.90 Å². The summed E-state index contributed by atoms with van der Waals surface area (Å²) in [6, 6.07) is 9.18. The Morgan fingerprint density at radius 1 is 1.27 bits per heavy atom. The van der Waals surface area contributed by atoms with Crippen LogP contribution in [0.25, 0.3) is 0 Å². The molecule has 1 aromatic rings. The summed E-state index contributed by atoms with van der Waals surface area (Å²) < 4.78 is 5.62. The molecule has 122 valence electrons. The molecule has 2 saturated heterocycles. The predicted molar refractivity (Wildman–Crippen MR) is 89.0 cm³/mol. The van der Waals surface area contributed by atoms with Gasteiger partial charge in [0.25, 0.3) is 0 Å². The van der Waals surface area contributed by atoms with Crippen LogP contribution in [0.3, 0.4) is 0 Å². The van der Waals surface area contributed by atoms with E-state index in [9.17, 15) is 5.11 Å². The molecule has 1 aromatic carbocycles. The van der Waals surface area contributed by atoms with E-state index < -0.39 is 0 Å². The summed E-state index contributed by atoms with van der Waals surface area (Å²) in [6.45, 7) is 6.53. The number of hydrogen-bond donors (Lipinski definition) is 2. The Morgan fingerprint density at radius 2 is 2.09 bits per heavy atom. The van der Waals surface area contributed by atoms with E-state index in [2.05, 4.69) is 41.4 Å². The van der Waals surface area contributed by atoms with Crippen LogP contribution in [-0.2, 0) is 11.3 Å². The standard InChI is InChI=1S/C18H28N2O2/c1-14-18(7-10-22-14)19-17-4-2-3-16(11-17)12-20-8-5-15(13-21)6-9-20/h2-4,11,14-15,18-19,21H,5-10,12-13H2,1H3. The number of likely N-dealkylation sites (tertiary alicyclic amines) is 1. The Balaban J connectivity index is 1.55. The van der Waals surface area contributed by atoms with Crippen LogP contribution >= 0.6 is 0 Å². The van der Waals surface area contributed by atoms with Gasteiger partial charge in [0.2, 0.25) is 0 Å². The van der Waals surface area contributed by atoms with Crippen molar-refractivity contribution in [3.05, 3.63) is 29.8 Å². The highest BCUT2D eigenvalue weighted by Gasteiger charge is 2.24. The average molecular weight is 304 g/mol. The number of aliphatic hydroxyl groups is 1. The third kappa shape index (κ3) is 4.00. The molecule has 0 aliphatic carbocycles. The van der Waals surface area contributed by atoms with Gasteiger partial charge in [-0.05, 0) is 62.9 Å². The topological polar surface area (TPSA) is 44.7 Å². The van der Waals surface area contributed by atoms with Crippen molar-refractivity contribution in [1.29, 1.82) is 0 Å². The van der Waals surface area contributed by atoms with Crippen molar-refractivity contribution in [2.75, 3.05) is 31.6 Å². The first kappa shape index (κ1) is 15.8. The molecule has 0 saturated carbocycles. The largest absolute Gasteiger partial charge is 0.396 e. The fraction of sp³-hybridized carbons (Fsp3) is 0.667. The first-order valence-electron chi connectivity index (χ1n) is 8.55. The Kier molecular flexibility index (Phi) is 5.34.